The van der Waals surface area contributed by atoms with E-state index >= 15 is 0 Å². The van der Waals surface area contributed by atoms with E-state index in [-0.39, 0.29) is 23.5 Å². The van der Waals surface area contributed by atoms with E-state index in [2.05, 4.69) is 14.9 Å². The van der Waals surface area contributed by atoms with Gasteiger partial charge in [-0.1, -0.05) is 0 Å². The van der Waals surface area contributed by atoms with E-state index in [0.29, 0.717) is 36.5 Å². The van der Waals surface area contributed by atoms with Crippen molar-refractivity contribution in [3.05, 3.63) is 39.9 Å². The summed E-state index contributed by atoms with van der Waals surface area (Å²) in [5.41, 5.74) is 0.278. The van der Waals surface area contributed by atoms with E-state index < -0.39 is 5.97 Å². The number of hydrogen-bond acceptors (Lipinski definition) is 5. The number of rotatable bonds is 3. The van der Waals surface area contributed by atoms with Gasteiger partial charge in [-0.3, -0.25) is 9.69 Å². The van der Waals surface area contributed by atoms with Crippen molar-refractivity contribution < 1.29 is 14.6 Å². The Hall–Kier alpha value is -1.96. The Bertz CT molecular complexity index is 740. The summed E-state index contributed by atoms with van der Waals surface area (Å²) < 4.78 is 5.27. The number of carboxylic acid groups (broad SMARTS) is 1. The lowest BCUT2D eigenvalue weighted by atomic mass is 10.1. The monoisotopic (exact) mass is 325 g/mol. The Balaban J connectivity index is 0.00000176. The topological polar surface area (TPSA) is 95.5 Å². The molecule has 1 aromatic heterocycles. The predicted octanol–water partition coefficient (Wildman–Crippen LogP) is 0.875. The number of fused-ring (bicyclic) bond motifs is 1. The number of halogens is 1. The highest BCUT2D eigenvalue weighted by atomic mass is 35.5. The van der Waals surface area contributed by atoms with Crippen LogP contribution in [0.4, 0.5) is 0 Å². The zero-order chi connectivity index (χ0) is 14.8. The molecule has 0 aliphatic carbocycles. The number of nitrogens with zero attached hydrogens (tertiary/aromatic N) is 2. The van der Waals surface area contributed by atoms with Crippen molar-refractivity contribution in [3.8, 4) is 0 Å². The number of benzene rings is 1. The Morgan fingerprint density at radius 3 is 2.77 bits per heavy atom. The van der Waals surface area contributed by atoms with Gasteiger partial charge in [0, 0.05) is 13.1 Å². The van der Waals surface area contributed by atoms with Gasteiger partial charge in [0.2, 0.25) is 0 Å². The lowest BCUT2D eigenvalue weighted by Crippen LogP contribution is -2.36. The molecule has 1 aliphatic heterocycles. The summed E-state index contributed by atoms with van der Waals surface area (Å²) in [4.78, 5) is 32.3. The molecule has 8 heteroatoms. The molecule has 0 saturated carbocycles. The summed E-state index contributed by atoms with van der Waals surface area (Å²) in [6.45, 7) is 3.43. The second-order valence-corrected chi connectivity index (χ2v) is 4.94. The number of aromatic nitrogens is 2. The Labute approximate surface area is 132 Å². The van der Waals surface area contributed by atoms with E-state index in [9.17, 15) is 9.59 Å². The van der Waals surface area contributed by atoms with Gasteiger partial charge in [-0.25, -0.2) is 9.78 Å². The maximum Gasteiger partial charge on any atom is 0.335 e. The molecule has 0 radical (unpaired) electrons. The number of aromatic carboxylic acids is 1. The highest BCUT2D eigenvalue weighted by Gasteiger charge is 2.13. The third-order valence-electron chi connectivity index (χ3n) is 3.48. The largest absolute Gasteiger partial charge is 0.478 e. The highest BCUT2D eigenvalue weighted by Crippen LogP contribution is 2.11. The lowest BCUT2D eigenvalue weighted by Gasteiger charge is -2.25. The number of aromatic amines is 1. The first-order valence-electron chi connectivity index (χ1n) is 6.70. The Morgan fingerprint density at radius 2 is 2.09 bits per heavy atom. The normalized spacial score (nSPS) is 15.5. The average Bonchev–Trinajstić information content (AvgIpc) is 2.47. The molecule has 0 bridgehead atoms. The van der Waals surface area contributed by atoms with Crippen molar-refractivity contribution in [2.45, 2.75) is 6.54 Å². The summed E-state index contributed by atoms with van der Waals surface area (Å²) >= 11 is 0. The molecule has 1 aromatic carbocycles. The second kappa shape index (κ2) is 6.87. The smallest absolute Gasteiger partial charge is 0.335 e. The molecule has 0 atom stereocenters. The average molecular weight is 326 g/mol. The Morgan fingerprint density at radius 1 is 1.36 bits per heavy atom. The van der Waals surface area contributed by atoms with Crippen molar-refractivity contribution in [2.75, 3.05) is 26.3 Å². The molecule has 2 aromatic rings. The summed E-state index contributed by atoms with van der Waals surface area (Å²) in [7, 11) is 0. The van der Waals surface area contributed by atoms with Crippen LogP contribution in [0.25, 0.3) is 10.9 Å². The van der Waals surface area contributed by atoms with Crippen LogP contribution in [0, 0.1) is 0 Å². The van der Waals surface area contributed by atoms with Crippen LogP contribution in [0.3, 0.4) is 0 Å². The van der Waals surface area contributed by atoms with E-state index in [0.717, 1.165) is 13.1 Å². The molecule has 0 unspecified atom stereocenters. The van der Waals surface area contributed by atoms with E-state index in [1.54, 1.807) is 0 Å². The van der Waals surface area contributed by atoms with Gasteiger partial charge in [0.05, 0.1) is 36.2 Å². The van der Waals surface area contributed by atoms with Crippen LogP contribution in [-0.4, -0.2) is 52.2 Å². The molecule has 0 spiro atoms. The number of morpholine rings is 1. The number of hydrogen-bond donors (Lipinski definition) is 2. The van der Waals surface area contributed by atoms with E-state index in [4.69, 9.17) is 9.84 Å². The molecule has 3 rings (SSSR count). The first-order chi connectivity index (χ1) is 10.1. The molecule has 1 fully saturated rings. The molecule has 7 nitrogen and oxygen atoms in total. The molecule has 22 heavy (non-hydrogen) atoms. The van der Waals surface area contributed by atoms with Gasteiger partial charge in [-0.15, -0.1) is 12.4 Å². The molecule has 2 N–H and O–H groups in total. The minimum atomic E-state index is -1.03. The van der Waals surface area contributed by atoms with Gasteiger partial charge in [-0.05, 0) is 18.2 Å². The van der Waals surface area contributed by atoms with Gasteiger partial charge in [0.25, 0.3) is 5.56 Å². The zero-order valence-electron chi connectivity index (χ0n) is 11.7. The van der Waals surface area contributed by atoms with Crippen LogP contribution < -0.4 is 5.56 Å². The number of carbonyl (C=O) groups is 1. The number of H-pyrrole nitrogens is 1. The van der Waals surface area contributed by atoms with Gasteiger partial charge < -0.3 is 14.8 Å². The summed E-state index contributed by atoms with van der Waals surface area (Å²) in [5.74, 6) is -0.495. The van der Waals surface area contributed by atoms with Gasteiger partial charge in [0.15, 0.2) is 0 Å². The molecule has 2 heterocycles. The standard InChI is InChI=1S/C14H15N3O4.ClH/c18-13-10-2-1-9(14(19)20)7-11(10)15-12(16-13)8-17-3-5-21-6-4-17;/h1-2,7H,3-6,8H2,(H,19,20)(H,15,16,18);1H. The van der Waals surface area contributed by atoms with Crippen molar-refractivity contribution in [2.24, 2.45) is 0 Å². The quantitative estimate of drug-likeness (QED) is 0.869. The third-order valence-corrected chi connectivity index (χ3v) is 3.48. The highest BCUT2D eigenvalue weighted by molar-refractivity contribution is 5.92. The van der Waals surface area contributed by atoms with Crippen LogP contribution in [0.1, 0.15) is 16.2 Å². The molecule has 1 aliphatic rings. The van der Waals surface area contributed by atoms with Crippen LogP contribution >= 0.6 is 12.4 Å². The van der Waals surface area contributed by atoms with Gasteiger partial charge in [0.1, 0.15) is 5.82 Å². The lowest BCUT2D eigenvalue weighted by molar-refractivity contribution is 0.0331. The minimum Gasteiger partial charge on any atom is -0.478 e. The number of carboxylic acids is 1. The van der Waals surface area contributed by atoms with Crippen LogP contribution in [0.15, 0.2) is 23.0 Å². The maximum atomic E-state index is 12.0. The molecular formula is C14H16ClN3O4. The molecule has 0 amide bonds. The maximum absolute atomic E-state index is 12.0. The zero-order valence-corrected chi connectivity index (χ0v) is 12.6. The summed E-state index contributed by atoms with van der Waals surface area (Å²) in [6, 6.07) is 4.32. The van der Waals surface area contributed by atoms with Crippen molar-refractivity contribution in [1.82, 2.24) is 14.9 Å². The summed E-state index contributed by atoms with van der Waals surface area (Å²) in [5, 5.41) is 9.40. The van der Waals surface area contributed by atoms with Gasteiger partial charge in [-0.2, -0.15) is 0 Å². The fourth-order valence-electron chi connectivity index (χ4n) is 2.37. The molecule has 1 saturated heterocycles. The van der Waals surface area contributed by atoms with Crippen molar-refractivity contribution in [3.63, 3.8) is 0 Å². The molecular weight excluding hydrogens is 310 g/mol. The minimum absolute atomic E-state index is 0. The summed E-state index contributed by atoms with van der Waals surface area (Å²) in [6.07, 6.45) is 0. The van der Waals surface area contributed by atoms with Crippen molar-refractivity contribution in [1.29, 1.82) is 0 Å². The second-order valence-electron chi connectivity index (χ2n) is 4.94. The van der Waals surface area contributed by atoms with E-state index in [1.807, 2.05) is 0 Å². The predicted molar refractivity (Wildman–Crippen MR) is 82.7 cm³/mol. The van der Waals surface area contributed by atoms with Crippen LogP contribution in [0.5, 0.6) is 0 Å². The first-order valence-corrected chi connectivity index (χ1v) is 6.70. The SMILES string of the molecule is Cl.O=C(O)c1ccc2c(=O)[nH]c(CN3CCOCC3)nc2c1. The molecule has 118 valence electrons. The van der Waals surface area contributed by atoms with Crippen LogP contribution in [0.2, 0.25) is 0 Å². The van der Waals surface area contributed by atoms with Gasteiger partial charge >= 0.3 is 5.97 Å². The fraction of sp³-hybridized carbons (Fsp3) is 0.357. The third kappa shape index (κ3) is 3.44. The van der Waals surface area contributed by atoms with Crippen molar-refractivity contribution >= 4 is 29.3 Å². The number of ether oxygens (including phenoxy) is 1. The number of nitrogens with one attached hydrogen (secondary N) is 1. The van der Waals surface area contributed by atoms with E-state index in [1.165, 1.54) is 18.2 Å². The fourth-order valence-corrected chi connectivity index (χ4v) is 2.37. The van der Waals surface area contributed by atoms with Crippen LogP contribution in [-0.2, 0) is 11.3 Å². The Kier molecular flexibility index (Phi) is 5.12. The first kappa shape index (κ1) is 16.4.